The van der Waals surface area contributed by atoms with Crippen LogP contribution in [-0.2, 0) is 0 Å². The molecule has 0 unspecified atom stereocenters. The van der Waals surface area contributed by atoms with Crippen LogP contribution >= 0.6 is 23.2 Å². The molecule has 0 fully saturated rings. The highest BCUT2D eigenvalue weighted by Gasteiger charge is 2.06. The third-order valence-electron chi connectivity index (χ3n) is 2.88. The van der Waals surface area contributed by atoms with Gasteiger partial charge in [0, 0.05) is 11.9 Å². The Kier molecular flexibility index (Phi) is 4.13. The van der Waals surface area contributed by atoms with Crippen molar-refractivity contribution in [3.63, 3.8) is 0 Å². The van der Waals surface area contributed by atoms with E-state index in [9.17, 15) is 4.79 Å². The van der Waals surface area contributed by atoms with Crippen LogP contribution < -0.4 is 5.56 Å². The third-order valence-corrected chi connectivity index (χ3v) is 3.53. The Morgan fingerprint density at radius 1 is 1.05 bits per heavy atom. The number of aromatic nitrogens is 1. The zero-order chi connectivity index (χ0) is 14.0. The van der Waals surface area contributed by atoms with Crippen molar-refractivity contribution in [1.82, 2.24) is 4.57 Å². The largest absolute Gasteiger partial charge is 0.286 e. The first-order chi connectivity index (χ1) is 8.99. The maximum absolute atomic E-state index is 11.9. The summed E-state index contributed by atoms with van der Waals surface area (Å²) < 4.78 is 1.45. The van der Waals surface area contributed by atoms with Crippen molar-refractivity contribution in [1.29, 1.82) is 0 Å². The minimum Gasteiger partial charge on any atom is -0.286 e. The van der Waals surface area contributed by atoms with Crippen LogP contribution in [0.2, 0.25) is 10.0 Å². The molecule has 0 spiro atoms. The van der Waals surface area contributed by atoms with Gasteiger partial charge in [-0.2, -0.15) is 0 Å². The predicted molar refractivity (Wildman–Crippen MR) is 81.9 cm³/mol. The highest BCUT2D eigenvalue weighted by atomic mass is 35.5. The highest BCUT2D eigenvalue weighted by Crippen LogP contribution is 2.17. The van der Waals surface area contributed by atoms with E-state index in [-0.39, 0.29) is 10.6 Å². The number of benzene rings is 1. The van der Waals surface area contributed by atoms with Crippen molar-refractivity contribution in [2.45, 2.75) is 13.8 Å². The van der Waals surface area contributed by atoms with E-state index in [0.717, 1.165) is 5.56 Å². The molecule has 0 radical (unpaired) electrons. The van der Waals surface area contributed by atoms with E-state index >= 15 is 0 Å². The number of nitrogens with zero attached hydrogens (tertiary/aromatic N) is 1. The molecule has 0 bridgehead atoms. The van der Waals surface area contributed by atoms with Crippen molar-refractivity contribution in [3.8, 4) is 0 Å². The number of halogens is 2. The first kappa shape index (κ1) is 13.9. The zero-order valence-electron chi connectivity index (χ0n) is 10.7. The second kappa shape index (κ2) is 5.64. The summed E-state index contributed by atoms with van der Waals surface area (Å²) in [6.07, 6.45) is 3.53. The summed E-state index contributed by atoms with van der Waals surface area (Å²) in [5.41, 5.74) is 2.59. The standard InChI is InChI=1S/C15H13Cl2NO/c1-10-3-5-12(6-4-10)7-8-18-11(2)13(16)9-14(17)15(18)19/h3-9H,1-2H3/b8-7+. The fraction of sp³-hybridized carbons (Fsp3) is 0.133. The summed E-state index contributed by atoms with van der Waals surface area (Å²) in [6.45, 7) is 3.80. The maximum Gasteiger partial charge on any atom is 0.273 e. The Balaban J connectivity index is 2.44. The molecule has 0 saturated carbocycles. The van der Waals surface area contributed by atoms with Gasteiger partial charge in [0.15, 0.2) is 0 Å². The molecule has 0 aliphatic heterocycles. The van der Waals surface area contributed by atoms with Gasteiger partial charge in [0.25, 0.3) is 5.56 Å². The molecule has 1 aromatic carbocycles. The van der Waals surface area contributed by atoms with Crippen molar-refractivity contribution in [2.24, 2.45) is 0 Å². The normalized spacial score (nSPS) is 11.2. The van der Waals surface area contributed by atoms with E-state index in [1.165, 1.54) is 16.2 Å². The van der Waals surface area contributed by atoms with Gasteiger partial charge >= 0.3 is 0 Å². The smallest absolute Gasteiger partial charge is 0.273 e. The van der Waals surface area contributed by atoms with Gasteiger partial charge in [0.1, 0.15) is 5.02 Å². The van der Waals surface area contributed by atoms with Gasteiger partial charge in [-0.05, 0) is 31.6 Å². The molecule has 0 amide bonds. The van der Waals surface area contributed by atoms with E-state index in [4.69, 9.17) is 23.2 Å². The van der Waals surface area contributed by atoms with E-state index in [2.05, 4.69) is 0 Å². The van der Waals surface area contributed by atoms with Gasteiger partial charge in [-0.3, -0.25) is 9.36 Å². The van der Waals surface area contributed by atoms with E-state index < -0.39 is 0 Å². The van der Waals surface area contributed by atoms with Gasteiger partial charge < -0.3 is 0 Å². The molecule has 0 atom stereocenters. The molecule has 0 aliphatic rings. The molecule has 1 heterocycles. The summed E-state index contributed by atoms with van der Waals surface area (Å²) in [7, 11) is 0. The van der Waals surface area contributed by atoms with Crippen LogP contribution in [0.5, 0.6) is 0 Å². The second-order valence-corrected chi connectivity index (χ2v) is 5.14. The number of aryl methyl sites for hydroxylation is 1. The zero-order valence-corrected chi connectivity index (χ0v) is 12.2. The lowest BCUT2D eigenvalue weighted by Crippen LogP contribution is -2.18. The number of hydrogen-bond acceptors (Lipinski definition) is 1. The second-order valence-electron chi connectivity index (χ2n) is 4.33. The van der Waals surface area contributed by atoms with Crippen LogP contribution in [0.3, 0.4) is 0 Å². The molecule has 0 aliphatic carbocycles. The lowest BCUT2D eigenvalue weighted by molar-refractivity contribution is 0.995. The van der Waals surface area contributed by atoms with Crippen molar-refractivity contribution in [2.75, 3.05) is 0 Å². The summed E-state index contributed by atoms with van der Waals surface area (Å²) in [5, 5.41) is 0.585. The molecule has 0 saturated heterocycles. The number of rotatable bonds is 2. The molecular formula is C15H13Cl2NO. The highest BCUT2D eigenvalue weighted by molar-refractivity contribution is 6.34. The molecule has 98 valence electrons. The van der Waals surface area contributed by atoms with Crippen LogP contribution in [0.25, 0.3) is 12.3 Å². The summed E-state index contributed by atoms with van der Waals surface area (Å²) in [4.78, 5) is 11.9. The van der Waals surface area contributed by atoms with Gasteiger partial charge in [0.2, 0.25) is 0 Å². The summed E-state index contributed by atoms with van der Waals surface area (Å²) in [6, 6.07) is 9.47. The molecule has 2 nitrogen and oxygen atoms in total. The third kappa shape index (κ3) is 3.09. The van der Waals surface area contributed by atoms with Crippen LogP contribution in [0, 0.1) is 13.8 Å². The van der Waals surface area contributed by atoms with Crippen molar-refractivity contribution >= 4 is 35.5 Å². The summed E-state index contributed by atoms with van der Waals surface area (Å²) >= 11 is 11.9. The molecule has 2 rings (SSSR count). The quantitative estimate of drug-likeness (QED) is 0.804. The van der Waals surface area contributed by atoms with Gasteiger partial charge in [-0.15, -0.1) is 0 Å². The Morgan fingerprint density at radius 3 is 2.32 bits per heavy atom. The van der Waals surface area contributed by atoms with Crippen LogP contribution in [-0.4, -0.2) is 4.57 Å². The first-order valence-corrected chi connectivity index (χ1v) is 6.56. The average molecular weight is 294 g/mol. The molecule has 2 aromatic rings. The van der Waals surface area contributed by atoms with Gasteiger partial charge in [0.05, 0.1) is 5.02 Å². The van der Waals surface area contributed by atoms with Crippen LogP contribution in [0.15, 0.2) is 35.1 Å². The molecule has 0 N–H and O–H groups in total. The lowest BCUT2D eigenvalue weighted by atomic mass is 10.1. The topological polar surface area (TPSA) is 22.0 Å². The summed E-state index contributed by atoms with van der Waals surface area (Å²) in [5.74, 6) is 0. The van der Waals surface area contributed by atoms with Crippen molar-refractivity contribution in [3.05, 3.63) is 67.6 Å². The van der Waals surface area contributed by atoms with Crippen LogP contribution in [0.4, 0.5) is 0 Å². The molecule has 19 heavy (non-hydrogen) atoms. The minimum atomic E-state index is -0.271. The van der Waals surface area contributed by atoms with Crippen LogP contribution in [0.1, 0.15) is 16.8 Å². The van der Waals surface area contributed by atoms with Crippen molar-refractivity contribution < 1.29 is 0 Å². The fourth-order valence-corrected chi connectivity index (χ4v) is 2.13. The molecule has 1 aromatic heterocycles. The predicted octanol–water partition coefficient (Wildman–Crippen LogP) is 4.40. The Labute approximate surface area is 121 Å². The first-order valence-electron chi connectivity index (χ1n) is 5.81. The van der Waals surface area contributed by atoms with E-state index in [1.807, 2.05) is 37.3 Å². The Hall–Kier alpha value is -1.51. The van der Waals surface area contributed by atoms with Gasteiger partial charge in [-0.1, -0.05) is 53.0 Å². The monoisotopic (exact) mass is 293 g/mol. The fourth-order valence-electron chi connectivity index (χ4n) is 1.68. The van der Waals surface area contributed by atoms with E-state index in [0.29, 0.717) is 10.7 Å². The average Bonchev–Trinajstić information content (AvgIpc) is 2.38. The SMILES string of the molecule is Cc1ccc(/C=C/n2c(C)c(Cl)cc(Cl)c2=O)cc1. The number of hydrogen-bond donors (Lipinski definition) is 0. The number of pyridine rings is 1. The molecule has 4 heteroatoms. The van der Waals surface area contributed by atoms with E-state index in [1.54, 1.807) is 13.1 Å². The minimum absolute atomic E-state index is 0.115. The molecular weight excluding hydrogens is 281 g/mol. The Morgan fingerprint density at radius 2 is 1.68 bits per heavy atom. The lowest BCUT2D eigenvalue weighted by Gasteiger charge is -2.07. The Bertz CT molecular complexity index is 685. The van der Waals surface area contributed by atoms with Gasteiger partial charge in [-0.25, -0.2) is 0 Å². The maximum atomic E-state index is 11.9.